The van der Waals surface area contributed by atoms with Crippen molar-refractivity contribution in [3.05, 3.63) is 21.6 Å². The molecule has 0 radical (unpaired) electrons. The monoisotopic (exact) mass is 283 g/mol. The Labute approximate surface area is 119 Å². The van der Waals surface area contributed by atoms with E-state index in [0.717, 1.165) is 12.8 Å². The zero-order valence-corrected chi connectivity index (χ0v) is 12.4. The highest BCUT2D eigenvalue weighted by Crippen LogP contribution is 2.30. The van der Waals surface area contributed by atoms with Crippen LogP contribution in [0.5, 0.6) is 0 Å². The van der Waals surface area contributed by atoms with Gasteiger partial charge in [-0.05, 0) is 25.7 Å². The van der Waals surface area contributed by atoms with Gasteiger partial charge in [0.05, 0.1) is 11.9 Å². The Morgan fingerprint density at radius 1 is 1.42 bits per heavy atom. The smallest absolute Gasteiger partial charge is 0.287 e. The summed E-state index contributed by atoms with van der Waals surface area (Å²) < 4.78 is 1.38. The first-order valence-electron chi connectivity index (χ1n) is 7.19. The second-order valence-corrected chi connectivity index (χ2v) is 5.57. The van der Waals surface area contributed by atoms with Gasteiger partial charge in [-0.3, -0.25) is 4.79 Å². The lowest BCUT2D eigenvalue weighted by molar-refractivity contribution is 0.317. The number of nitrogens with one attached hydrogen (secondary N) is 1. The number of hydrogen-bond acceptors (Lipinski definition) is 3. The molecule has 0 aromatic carbocycles. The predicted molar refractivity (Wildman–Crippen MR) is 78.8 cm³/mol. The van der Waals surface area contributed by atoms with Gasteiger partial charge in [-0.1, -0.05) is 37.8 Å². The SMILES string of the molecule is CCC1CCCCC1Nc1cnn(CC)c(=O)c1Cl. The summed E-state index contributed by atoms with van der Waals surface area (Å²) in [5.74, 6) is 0.665. The topological polar surface area (TPSA) is 46.9 Å². The third kappa shape index (κ3) is 3.11. The molecule has 5 heteroatoms. The highest BCUT2D eigenvalue weighted by Gasteiger charge is 2.24. The minimum atomic E-state index is -0.210. The Kier molecular flexibility index (Phi) is 4.86. The second-order valence-electron chi connectivity index (χ2n) is 5.20. The van der Waals surface area contributed by atoms with Crippen molar-refractivity contribution in [2.45, 2.75) is 58.5 Å². The summed E-state index contributed by atoms with van der Waals surface area (Å²) in [6.45, 7) is 4.64. The van der Waals surface area contributed by atoms with E-state index in [1.165, 1.54) is 23.9 Å². The minimum absolute atomic E-state index is 0.210. The van der Waals surface area contributed by atoms with Crippen molar-refractivity contribution in [1.82, 2.24) is 9.78 Å². The molecule has 0 bridgehead atoms. The second kappa shape index (κ2) is 6.42. The Hall–Kier alpha value is -1.03. The van der Waals surface area contributed by atoms with Gasteiger partial charge in [0.25, 0.3) is 5.56 Å². The van der Waals surface area contributed by atoms with E-state index in [1.807, 2.05) is 6.92 Å². The number of rotatable bonds is 4. The molecule has 1 aromatic heterocycles. The van der Waals surface area contributed by atoms with Crippen LogP contribution in [0.3, 0.4) is 0 Å². The van der Waals surface area contributed by atoms with Gasteiger partial charge in [0, 0.05) is 12.6 Å². The van der Waals surface area contributed by atoms with E-state index in [4.69, 9.17) is 11.6 Å². The zero-order valence-electron chi connectivity index (χ0n) is 11.7. The van der Waals surface area contributed by atoms with Crippen molar-refractivity contribution >= 4 is 17.3 Å². The summed E-state index contributed by atoms with van der Waals surface area (Å²) in [5.41, 5.74) is 0.472. The quantitative estimate of drug-likeness (QED) is 0.922. The number of nitrogens with zero attached hydrogens (tertiary/aromatic N) is 2. The molecule has 1 aromatic rings. The van der Waals surface area contributed by atoms with E-state index >= 15 is 0 Å². The fourth-order valence-electron chi connectivity index (χ4n) is 2.88. The normalized spacial score (nSPS) is 23.3. The number of anilines is 1. The van der Waals surface area contributed by atoms with Gasteiger partial charge in [0.1, 0.15) is 5.02 Å². The van der Waals surface area contributed by atoms with E-state index in [0.29, 0.717) is 24.2 Å². The molecule has 1 fully saturated rings. The maximum Gasteiger partial charge on any atom is 0.287 e. The van der Waals surface area contributed by atoms with Gasteiger partial charge in [0.15, 0.2) is 0 Å². The van der Waals surface area contributed by atoms with Crippen molar-refractivity contribution in [3.8, 4) is 0 Å². The van der Waals surface area contributed by atoms with E-state index in [2.05, 4.69) is 17.3 Å². The Bertz CT molecular complexity index is 486. The van der Waals surface area contributed by atoms with Gasteiger partial charge in [0.2, 0.25) is 0 Å². The average molecular weight is 284 g/mol. The number of aromatic nitrogens is 2. The third-order valence-electron chi connectivity index (χ3n) is 4.06. The van der Waals surface area contributed by atoms with Gasteiger partial charge in [-0.15, -0.1) is 0 Å². The number of halogens is 1. The van der Waals surface area contributed by atoms with Crippen LogP contribution in [0.25, 0.3) is 0 Å². The van der Waals surface area contributed by atoms with Crippen molar-refractivity contribution < 1.29 is 0 Å². The molecule has 2 unspecified atom stereocenters. The molecule has 19 heavy (non-hydrogen) atoms. The fourth-order valence-corrected chi connectivity index (χ4v) is 3.08. The number of hydrogen-bond donors (Lipinski definition) is 1. The molecule has 0 spiro atoms. The molecule has 4 nitrogen and oxygen atoms in total. The van der Waals surface area contributed by atoms with Crippen molar-refractivity contribution in [3.63, 3.8) is 0 Å². The van der Waals surface area contributed by atoms with Gasteiger partial charge >= 0.3 is 0 Å². The van der Waals surface area contributed by atoms with Crippen LogP contribution in [-0.2, 0) is 6.54 Å². The summed E-state index contributed by atoms with van der Waals surface area (Å²) in [6, 6.07) is 0.412. The summed E-state index contributed by atoms with van der Waals surface area (Å²) in [6.07, 6.45) is 7.78. The third-order valence-corrected chi connectivity index (χ3v) is 4.42. The summed E-state index contributed by atoms with van der Waals surface area (Å²) >= 11 is 6.15. The maximum atomic E-state index is 11.9. The molecule has 1 aliphatic rings. The van der Waals surface area contributed by atoms with Crippen LogP contribution in [0.4, 0.5) is 5.69 Å². The van der Waals surface area contributed by atoms with Crippen molar-refractivity contribution in [2.24, 2.45) is 5.92 Å². The van der Waals surface area contributed by atoms with Gasteiger partial charge in [-0.25, -0.2) is 4.68 Å². The standard InChI is InChI=1S/C14H22ClN3O/c1-3-10-7-5-6-8-11(10)17-12-9-16-18(4-2)14(19)13(12)15/h9-11,17H,3-8H2,1-2H3. The summed E-state index contributed by atoms with van der Waals surface area (Å²) in [7, 11) is 0. The largest absolute Gasteiger partial charge is 0.379 e. The highest BCUT2D eigenvalue weighted by atomic mass is 35.5. The zero-order chi connectivity index (χ0) is 13.8. The fraction of sp³-hybridized carbons (Fsp3) is 0.714. The van der Waals surface area contributed by atoms with Crippen molar-refractivity contribution in [1.29, 1.82) is 0 Å². The predicted octanol–water partition coefficient (Wildman–Crippen LogP) is 3.30. The van der Waals surface area contributed by atoms with E-state index < -0.39 is 0 Å². The minimum Gasteiger partial charge on any atom is -0.379 e. The Morgan fingerprint density at radius 3 is 2.84 bits per heavy atom. The van der Waals surface area contributed by atoms with E-state index in [1.54, 1.807) is 6.20 Å². The molecule has 106 valence electrons. The molecule has 1 N–H and O–H groups in total. The molecule has 1 aliphatic carbocycles. The Balaban J connectivity index is 2.19. The van der Waals surface area contributed by atoms with E-state index in [9.17, 15) is 4.79 Å². The van der Waals surface area contributed by atoms with Crippen molar-refractivity contribution in [2.75, 3.05) is 5.32 Å². The summed E-state index contributed by atoms with van der Waals surface area (Å²) in [4.78, 5) is 11.9. The first kappa shape index (κ1) is 14.4. The van der Waals surface area contributed by atoms with Crippen LogP contribution in [0.15, 0.2) is 11.0 Å². The van der Waals surface area contributed by atoms with Gasteiger partial charge in [-0.2, -0.15) is 5.10 Å². The molecule has 0 aliphatic heterocycles. The number of aryl methyl sites for hydroxylation is 1. The van der Waals surface area contributed by atoms with Crippen LogP contribution in [0.1, 0.15) is 46.0 Å². The molecule has 2 atom stereocenters. The maximum absolute atomic E-state index is 11.9. The Morgan fingerprint density at radius 2 is 2.16 bits per heavy atom. The van der Waals surface area contributed by atoms with E-state index in [-0.39, 0.29) is 10.6 Å². The molecular weight excluding hydrogens is 262 g/mol. The lowest BCUT2D eigenvalue weighted by Gasteiger charge is -2.32. The molecule has 0 saturated heterocycles. The van der Waals surface area contributed by atoms with Crippen LogP contribution in [0.2, 0.25) is 5.02 Å². The van der Waals surface area contributed by atoms with Crippen LogP contribution in [0, 0.1) is 5.92 Å². The molecular formula is C14H22ClN3O. The van der Waals surface area contributed by atoms with Crippen LogP contribution >= 0.6 is 11.6 Å². The molecule has 0 amide bonds. The first-order chi connectivity index (χ1) is 9.17. The average Bonchev–Trinajstić information content (AvgIpc) is 2.45. The van der Waals surface area contributed by atoms with Crippen LogP contribution < -0.4 is 10.9 Å². The molecule has 1 heterocycles. The molecule has 1 saturated carbocycles. The van der Waals surface area contributed by atoms with Crippen LogP contribution in [-0.4, -0.2) is 15.8 Å². The van der Waals surface area contributed by atoms with Gasteiger partial charge < -0.3 is 5.32 Å². The summed E-state index contributed by atoms with van der Waals surface area (Å²) in [5, 5.41) is 7.83. The lowest BCUT2D eigenvalue weighted by Crippen LogP contribution is -2.33. The molecule has 2 rings (SSSR count). The highest BCUT2D eigenvalue weighted by molar-refractivity contribution is 6.32. The lowest BCUT2D eigenvalue weighted by atomic mass is 9.83. The first-order valence-corrected chi connectivity index (χ1v) is 7.57.